The molecule has 0 bridgehead atoms. The average Bonchev–Trinajstić information content (AvgIpc) is 3.62. The number of carbonyl (C=O) groups excluding carboxylic acids is 1. The molecule has 0 spiro atoms. The van der Waals surface area contributed by atoms with Crippen molar-refractivity contribution in [2.24, 2.45) is 0 Å². The Morgan fingerprint density at radius 1 is 1.03 bits per heavy atom. The summed E-state index contributed by atoms with van der Waals surface area (Å²) in [5, 5.41) is 2.94. The highest BCUT2D eigenvalue weighted by Crippen LogP contribution is 2.34. The predicted molar refractivity (Wildman–Crippen MR) is 140 cm³/mol. The number of amides is 1. The van der Waals surface area contributed by atoms with Gasteiger partial charge in [0.05, 0.1) is 7.11 Å². The second-order valence-corrected chi connectivity index (χ2v) is 8.93. The molecule has 0 unspecified atom stereocenters. The van der Waals surface area contributed by atoms with Gasteiger partial charge >= 0.3 is 0 Å². The molecule has 4 aromatic rings. The first kappa shape index (κ1) is 23.6. The predicted octanol–water partition coefficient (Wildman–Crippen LogP) is 4.42. The Bertz CT molecular complexity index is 1470. The quantitative estimate of drug-likeness (QED) is 0.372. The van der Waals surface area contributed by atoms with Crippen molar-refractivity contribution in [2.45, 2.75) is 19.6 Å². The van der Waals surface area contributed by atoms with Gasteiger partial charge in [0.1, 0.15) is 17.9 Å². The van der Waals surface area contributed by atoms with Gasteiger partial charge in [0.2, 0.25) is 18.6 Å². The number of fused-ring (bicyclic) bond motifs is 2. The molecule has 6 rings (SSSR count). The van der Waals surface area contributed by atoms with E-state index in [0.717, 1.165) is 35.5 Å². The molecular formula is C29H26N4O5. The SMILES string of the molecule is COc1ccc(COc2nc(N3CCc4ccccc43)ncc2C(=O)NCc2ccc3c(c2)OCO3)cc1. The second-order valence-electron chi connectivity index (χ2n) is 8.93. The van der Waals surface area contributed by atoms with E-state index in [9.17, 15) is 4.79 Å². The van der Waals surface area contributed by atoms with Crippen LogP contribution in [0.3, 0.4) is 0 Å². The number of benzene rings is 3. The van der Waals surface area contributed by atoms with Crippen molar-refractivity contribution < 1.29 is 23.7 Å². The Morgan fingerprint density at radius 3 is 2.71 bits per heavy atom. The Kier molecular flexibility index (Phi) is 6.39. The van der Waals surface area contributed by atoms with Crippen molar-refractivity contribution >= 4 is 17.5 Å². The lowest BCUT2D eigenvalue weighted by atomic mass is 10.2. The number of hydrogen-bond acceptors (Lipinski definition) is 8. The average molecular weight is 511 g/mol. The largest absolute Gasteiger partial charge is 0.497 e. The summed E-state index contributed by atoms with van der Waals surface area (Å²) in [7, 11) is 1.62. The van der Waals surface area contributed by atoms with Crippen LogP contribution in [0.5, 0.6) is 23.1 Å². The molecule has 9 heteroatoms. The molecular weight excluding hydrogens is 484 g/mol. The second kappa shape index (κ2) is 10.3. The van der Waals surface area contributed by atoms with Crippen LogP contribution in [0.2, 0.25) is 0 Å². The molecule has 192 valence electrons. The summed E-state index contributed by atoms with van der Waals surface area (Å²) < 4.78 is 22.1. The third-order valence-corrected chi connectivity index (χ3v) is 6.54. The van der Waals surface area contributed by atoms with Crippen LogP contribution in [0.25, 0.3) is 0 Å². The van der Waals surface area contributed by atoms with Crippen LogP contribution in [0.15, 0.2) is 72.9 Å². The first-order valence-electron chi connectivity index (χ1n) is 12.3. The van der Waals surface area contributed by atoms with E-state index in [4.69, 9.17) is 23.9 Å². The lowest BCUT2D eigenvalue weighted by Gasteiger charge is -2.19. The van der Waals surface area contributed by atoms with Crippen LogP contribution in [0.4, 0.5) is 11.6 Å². The van der Waals surface area contributed by atoms with Crippen molar-refractivity contribution in [3.8, 4) is 23.1 Å². The van der Waals surface area contributed by atoms with Crippen LogP contribution < -0.4 is 29.2 Å². The standard InChI is InChI=1S/C29H26N4O5/c1-35-22-9-6-19(7-10-22)17-36-28-23(27(34)30-15-20-8-11-25-26(14-20)38-18-37-25)16-31-29(32-28)33-13-12-21-4-2-3-5-24(21)33/h2-11,14,16H,12-13,15,17-18H2,1H3,(H,30,34). The fourth-order valence-corrected chi connectivity index (χ4v) is 4.50. The number of methoxy groups -OCH3 is 1. The monoisotopic (exact) mass is 510 g/mol. The summed E-state index contributed by atoms with van der Waals surface area (Å²) in [6, 6.07) is 21.3. The van der Waals surface area contributed by atoms with E-state index in [-0.39, 0.29) is 30.8 Å². The number of nitrogens with one attached hydrogen (secondary N) is 1. The van der Waals surface area contributed by atoms with Gasteiger partial charge < -0.3 is 29.2 Å². The number of rotatable bonds is 8. The van der Waals surface area contributed by atoms with Crippen LogP contribution in [0, 0.1) is 0 Å². The van der Waals surface area contributed by atoms with Crippen LogP contribution in [-0.2, 0) is 19.6 Å². The van der Waals surface area contributed by atoms with Gasteiger partial charge in [-0.25, -0.2) is 4.98 Å². The third kappa shape index (κ3) is 4.78. The molecule has 1 aromatic heterocycles. The smallest absolute Gasteiger partial charge is 0.258 e. The molecule has 0 aliphatic carbocycles. The van der Waals surface area contributed by atoms with Gasteiger partial charge in [-0.1, -0.05) is 36.4 Å². The number of anilines is 2. The highest BCUT2D eigenvalue weighted by atomic mass is 16.7. The lowest BCUT2D eigenvalue weighted by molar-refractivity contribution is 0.0945. The van der Waals surface area contributed by atoms with E-state index in [0.29, 0.717) is 24.0 Å². The minimum absolute atomic E-state index is 0.200. The first-order chi connectivity index (χ1) is 18.7. The van der Waals surface area contributed by atoms with Gasteiger partial charge in [0, 0.05) is 25.0 Å². The van der Waals surface area contributed by atoms with Crippen molar-refractivity contribution in [2.75, 3.05) is 25.3 Å². The zero-order valence-electron chi connectivity index (χ0n) is 20.8. The maximum Gasteiger partial charge on any atom is 0.258 e. The van der Waals surface area contributed by atoms with E-state index < -0.39 is 0 Å². The molecule has 0 atom stereocenters. The summed E-state index contributed by atoms with van der Waals surface area (Å²) in [5.74, 6) is 2.50. The number of aromatic nitrogens is 2. The van der Waals surface area contributed by atoms with Gasteiger partial charge in [-0.15, -0.1) is 0 Å². The molecule has 2 aliphatic heterocycles. The number of hydrogen-bond donors (Lipinski definition) is 1. The Hall–Kier alpha value is -4.79. The summed E-state index contributed by atoms with van der Waals surface area (Å²) in [5.41, 5.74) is 4.37. The van der Waals surface area contributed by atoms with E-state index in [1.807, 2.05) is 59.5 Å². The Labute approximate surface area is 220 Å². The van der Waals surface area contributed by atoms with Crippen molar-refractivity contribution in [1.29, 1.82) is 0 Å². The fourth-order valence-electron chi connectivity index (χ4n) is 4.50. The molecule has 1 amide bonds. The molecule has 0 saturated carbocycles. The Morgan fingerprint density at radius 2 is 1.84 bits per heavy atom. The molecule has 9 nitrogen and oxygen atoms in total. The highest BCUT2D eigenvalue weighted by Gasteiger charge is 2.25. The molecule has 0 saturated heterocycles. The molecule has 3 heterocycles. The number of para-hydroxylation sites is 1. The Balaban J connectivity index is 1.24. The van der Waals surface area contributed by atoms with E-state index >= 15 is 0 Å². The normalized spacial score (nSPS) is 13.2. The minimum atomic E-state index is -0.333. The van der Waals surface area contributed by atoms with Gasteiger partial charge in [0.15, 0.2) is 11.5 Å². The number of nitrogens with zero attached hydrogens (tertiary/aromatic N) is 3. The molecule has 0 radical (unpaired) electrons. The van der Waals surface area contributed by atoms with Crippen LogP contribution in [0.1, 0.15) is 27.0 Å². The van der Waals surface area contributed by atoms with Crippen molar-refractivity contribution in [1.82, 2.24) is 15.3 Å². The lowest BCUT2D eigenvalue weighted by Crippen LogP contribution is -2.25. The highest BCUT2D eigenvalue weighted by molar-refractivity contribution is 5.96. The van der Waals surface area contributed by atoms with Crippen molar-refractivity contribution in [3.05, 3.63) is 95.2 Å². The molecule has 1 N–H and O–H groups in total. The fraction of sp³-hybridized carbons (Fsp3) is 0.207. The van der Waals surface area contributed by atoms with Gasteiger partial charge in [0.25, 0.3) is 5.91 Å². The van der Waals surface area contributed by atoms with Crippen LogP contribution in [-0.4, -0.2) is 36.3 Å². The van der Waals surface area contributed by atoms with Crippen LogP contribution >= 0.6 is 0 Å². The zero-order valence-corrected chi connectivity index (χ0v) is 20.8. The van der Waals surface area contributed by atoms with Crippen molar-refractivity contribution in [3.63, 3.8) is 0 Å². The summed E-state index contributed by atoms with van der Waals surface area (Å²) in [6.45, 7) is 1.49. The minimum Gasteiger partial charge on any atom is -0.497 e. The molecule has 3 aromatic carbocycles. The van der Waals surface area contributed by atoms with E-state index in [1.165, 1.54) is 11.8 Å². The summed E-state index contributed by atoms with van der Waals surface area (Å²) in [4.78, 5) is 24.5. The topological polar surface area (TPSA) is 95.0 Å². The maximum absolute atomic E-state index is 13.2. The summed E-state index contributed by atoms with van der Waals surface area (Å²) >= 11 is 0. The van der Waals surface area contributed by atoms with E-state index in [2.05, 4.69) is 22.4 Å². The number of ether oxygens (including phenoxy) is 4. The van der Waals surface area contributed by atoms with Gasteiger partial charge in [-0.3, -0.25) is 4.79 Å². The molecule has 2 aliphatic rings. The zero-order chi connectivity index (χ0) is 25.9. The molecule has 0 fully saturated rings. The van der Waals surface area contributed by atoms with Gasteiger partial charge in [-0.2, -0.15) is 4.98 Å². The van der Waals surface area contributed by atoms with Gasteiger partial charge in [-0.05, 0) is 53.4 Å². The number of carbonyl (C=O) groups is 1. The third-order valence-electron chi connectivity index (χ3n) is 6.54. The summed E-state index contributed by atoms with van der Waals surface area (Å²) in [6.07, 6.45) is 2.43. The first-order valence-corrected chi connectivity index (χ1v) is 12.3. The maximum atomic E-state index is 13.2. The van der Waals surface area contributed by atoms with E-state index in [1.54, 1.807) is 7.11 Å². The molecule has 38 heavy (non-hydrogen) atoms.